The van der Waals surface area contributed by atoms with E-state index in [9.17, 15) is 13.2 Å². The van der Waals surface area contributed by atoms with Crippen molar-refractivity contribution in [2.24, 2.45) is 7.05 Å². The molecule has 0 fully saturated rings. The molecule has 0 aliphatic rings. The summed E-state index contributed by atoms with van der Waals surface area (Å²) in [6, 6.07) is 7.77. The fraction of sp³-hybridized carbons (Fsp3) is 0.312. The van der Waals surface area contributed by atoms with Gasteiger partial charge in [0.1, 0.15) is 6.07 Å². The first kappa shape index (κ1) is 18.6. The topological polar surface area (TPSA) is 99.3 Å². The third-order valence-corrected chi connectivity index (χ3v) is 5.52. The highest BCUT2D eigenvalue weighted by atomic mass is 32.2. The number of rotatable bonds is 6. The lowest BCUT2D eigenvalue weighted by molar-refractivity contribution is -0.130. The van der Waals surface area contributed by atoms with Crippen LogP contribution in [0.4, 0.5) is 0 Å². The number of nitriles is 1. The lowest BCUT2D eigenvalue weighted by Gasteiger charge is -2.21. The lowest BCUT2D eigenvalue weighted by atomic mass is 10.2. The van der Waals surface area contributed by atoms with Crippen molar-refractivity contribution in [2.75, 3.05) is 20.6 Å². The van der Waals surface area contributed by atoms with Crippen LogP contribution in [-0.4, -0.2) is 54.0 Å². The Kier molecular flexibility index (Phi) is 5.56. The summed E-state index contributed by atoms with van der Waals surface area (Å²) in [5, 5.41) is 13.1. The second-order valence-corrected chi connectivity index (χ2v) is 7.65. The molecule has 0 saturated carbocycles. The number of likely N-dealkylation sites (N-methyl/N-ethyl adjacent to an activating group) is 2. The zero-order valence-electron chi connectivity index (χ0n) is 14.2. The van der Waals surface area contributed by atoms with E-state index in [0.717, 1.165) is 9.87 Å². The molecule has 0 bridgehead atoms. The minimum atomic E-state index is -3.93. The molecule has 25 heavy (non-hydrogen) atoms. The van der Waals surface area contributed by atoms with Crippen molar-refractivity contribution in [3.05, 3.63) is 47.8 Å². The summed E-state index contributed by atoms with van der Waals surface area (Å²) < 4.78 is 27.8. The number of carbonyl (C=O) groups is 1. The van der Waals surface area contributed by atoms with Gasteiger partial charge in [0.25, 0.3) is 0 Å². The van der Waals surface area contributed by atoms with Crippen LogP contribution in [-0.2, 0) is 28.4 Å². The van der Waals surface area contributed by atoms with E-state index in [4.69, 9.17) is 5.26 Å². The van der Waals surface area contributed by atoms with Crippen LogP contribution in [0.25, 0.3) is 0 Å². The van der Waals surface area contributed by atoms with Gasteiger partial charge in [-0.05, 0) is 12.1 Å². The van der Waals surface area contributed by atoms with Gasteiger partial charge in [-0.1, -0.05) is 12.1 Å². The molecule has 1 aromatic heterocycles. The van der Waals surface area contributed by atoms with Crippen molar-refractivity contribution in [3.8, 4) is 6.07 Å². The number of aromatic nitrogens is 2. The molecule has 1 heterocycles. The quantitative estimate of drug-likeness (QED) is 0.749. The van der Waals surface area contributed by atoms with Crippen molar-refractivity contribution >= 4 is 15.9 Å². The summed E-state index contributed by atoms with van der Waals surface area (Å²) in [5.74, 6) is -0.357. The van der Waals surface area contributed by atoms with Crippen LogP contribution in [0.2, 0.25) is 0 Å². The molecular weight excluding hydrogens is 342 g/mol. The Balaban J connectivity index is 2.10. The van der Waals surface area contributed by atoms with E-state index in [-0.39, 0.29) is 22.9 Å². The molecule has 0 spiro atoms. The summed E-state index contributed by atoms with van der Waals surface area (Å²) in [6.45, 7) is 0.00814. The van der Waals surface area contributed by atoms with Crippen molar-refractivity contribution in [1.82, 2.24) is 19.0 Å². The second kappa shape index (κ2) is 7.46. The Morgan fingerprint density at radius 3 is 2.60 bits per heavy atom. The Morgan fingerprint density at radius 2 is 2.00 bits per heavy atom. The number of aryl methyl sites for hydroxylation is 1. The number of hydrogen-bond donors (Lipinski definition) is 0. The first-order valence-electron chi connectivity index (χ1n) is 7.42. The highest BCUT2D eigenvalue weighted by Crippen LogP contribution is 2.18. The van der Waals surface area contributed by atoms with Crippen molar-refractivity contribution in [1.29, 1.82) is 5.26 Å². The van der Waals surface area contributed by atoms with Gasteiger partial charge in [-0.2, -0.15) is 14.7 Å². The highest BCUT2D eigenvalue weighted by Gasteiger charge is 2.26. The summed E-state index contributed by atoms with van der Waals surface area (Å²) in [5.41, 5.74) is 0.893. The van der Waals surface area contributed by atoms with Crippen molar-refractivity contribution in [3.63, 3.8) is 0 Å². The maximum atomic E-state index is 12.6. The van der Waals surface area contributed by atoms with Gasteiger partial charge in [0.2, 0.25) is 15.9 Å². The average Bonchev–Trinajstić information content (AvgIpc) is 2.99. The van der Waals surface area contributed by atoms with Gasteiger partial charge < -0.3 is 4.90 Å². The van der Waals surface area contributed by atoms with Gasteiger partial charge in [0, 0.05) is 39.4 Å². The predicted molar refractivity (Wildman–Crippen MR) is 90.7 cm³/mol. The van der Waals surface area contributed by atoms with E-state index < -0.39 is 10.0 Å². The highest BCUT2D eigenvalue weighted by molar-refractivity contribution is 7.89. The molecule has 2 rings (SSSR count). The Labute approximate surface area is 146 Å². The fourth-order valence-corrected chi connectivity index (χ4v) is 3.52. The molecule has 0 radical (unpaired) electrons. The van der Waals surface area contributed by atoms with E-state index in [1.807, 2.05) is 6.07 Å². The van der Waals surface area contributed by atoms with Gasteiger partial charge in [-0.15, -0.1) is 0 Å². The zero-order valence-corrected chi connectivity index (χ0v) is 15.1. The molecule has 2 aromatic rings. The molecule has 0 saturated heterocycles. The average molecular weight is 361 g/mol. The smallest absolute Gasteiger partial charge is 0.244 e. The summed E-state index contributed by atoms with van der Waals surface area (Å²) >= 11 is 0. The monoisotopic (exact) mass is 361 g/mol. The Hall–Kier alpha value is -2.70. The normalized spacial score (nSPS) is 11.3. The zero-order chi connectivity index (χ0) is 18.6. The van der Waals surface area contributed by atoms with E-state index >= 15 is 0 Å². The maximum absolute atomic E-state index is 12.6. The van der Waals surface area contributed by atoms with Gasteiger partial charge in [0.15, 0.2) is 0 Å². The molecule has 9 heteroatoms. The van der Waals surface area contributed by atoms with E-state index in [1.54, 1.807) is 37.2 Å². The fourth-order valence-electron chi connectivity index (χ4n) is 2.26. The van der Waals surface area contributed by atoms with Crippen LogP contribution >= 0.6 is 0 Å². The number of hydrogen-bond acceptors (Lipinski definition) is 5. The van der Waals surface area contributed by atoms with E-state index in [0.29, 0.717) is 6.54 Å². The molecule has 8 nitrogen and oxygen atoms in total. The van der Waals surface area contributed by atoms with E-state index in [1.165, 1.54) is 30.1 Å². The van der Waals surface area contributed by atoms with Crippen LogP contribution in [0.5, 0.6) is 0 Å². The molecule has 0 aliphatic heterocycles. The number of carbonyl (C=O) groups excluding carboxylic acids is 1. The summed E-state index contributed by atoms with van der Waals surface area (Å²) in [6.07, 6.45) is 3.43. The maximum Gasteiger partial charge on any atom is 0.244 e. The molecular formula is C16H19N5O3S. The first-order valence-corrected chi connectivity index (χ1v) is 8.86. The predicted octanol–water partition coefficient (Wildman–Crippen LogP) is 0.571. The molecule has 0 unspecified atom stereocenters. The van der Waals surface area contributed by atoms with Crippen LogP contribution in [0.1, 0.15) is 11.1 Å². The number of amides is 1. The molecule has 0 aliphatic carbocycles. The lowest BCUT2D eigenvalue weighted by Crippen LogP contribution is -2.39. The second-order valence-electron chi connectivity index (χ2n) is 5.64. The van der Waals surface area contributed by atoms with E-state index in [2.05, 4.69) is 5.10 Å². The molecule has 1 amide bonds. The molecule has 0 N–H and O–H groups in total. The van der Waals surface area contributed by atoms with Gasteiger partial charge in [-0.3, -0.25) is 9.48 Å². The molecule has 0 atom stereocenters. The number of sulfonamides is 1. The van der Waals surface area contributed by atoms with Gasteiger partial charge >= 0.3 is 0 Å². The Morgan fingerprint density at radius 1 is 1.32 bits per heavy atom. The molecule has 1 aromatic carbocycles. The first-order chi connectivity index (χ1) is 11.8. The SMILES string of the molecule is CN(Cc1cnn(C)c1)C(=O)CN(C)S(=O)(=O)c1ccccc1C#N. The van der Waals surface area contributed by atoms with Crippen LogP contribution < -0.4 is 0 Å². The Bertz CT molecular complexity index is 914. The number of nitrogens with zero attached hydrogens (tertiary/aromatic N) is 5. The van der Waals surface area contributed by atoms with Crippen molar-refractivity contribution in [2.45, 2.75) is 11.4 Å². The van der Waals surface area contributed by atoms with Gasteiger partial charge in [-0.25, -0.2) is 8.42 Å². The van der Waals surface area contributed by atoms with Crippen LogP contribution in [0.15, 0.2) is 41.6 Å². The minimum absolute atomic E-state index is 0.0468. The van der Waals surface area contributed by atoms with Crippen LogP contribution in [0, 0.1) is 11.3 Å². The summed E-state index contributed by atoms with van der Waals surface area (Å²) in [7, 11) is 0.759. The number of benzene rings is 1. The third kappa shape index (κ3) is 4.23. The minimum Gasteiger partial charge on any atom is -0.340 e. The third-order valence-electron chi connectivity index (χ3n) is 3.66. The molecule has 132 valence electrons. The summed E-state index contributed by atoms with van der Waals surface area (Å²) in [4.78, 5) is 13.6. The van der Waals surface area contributed by atoms with Crippen molar-refractivity contribution < 1.29 is 13.2 Å². The van der Waals surface area contributed by atoms with Gasteiger partial charge in [0.05, 0.1) is 23.2 Å². The van der Waals surface area contributed by atoms with Crippen LogP contribution in [0.3, 0.4) is 0 Å². The largest absolute Gasteiger partial charge is 0.340 e. The standard InChI is InChI=1S/C16H19N5O3S/c1-19(10-13-9-18-20(2)11-13)16(22)12-21(3)25(23,24)15-7-5-4-6-14(15)8-17/h4-7,9,11H,10,12H2,1-3H3.